The van der Waals surface area contributed by atoms with Crippen molar-refractivity contribution in [2.75, 3.05) is 61.4 Å². The SMILES string of the molecule is COCCCO[C@@H]1CC[C@@H](C[C@@H](C)[C@@H]2CC(=O)[C@H](C)/C=C(\C)[C@@H](O)[C@@H](OC)C(=O)[C@H](C)C[C@H](C)/C=C/C=C/C=C(\C)C(OCCOC)C[C@@H]3CC[C@@H](C)[C@@](O)(O3)C(=O)C(=O)N3CCCC[C@H]3C(=O)O2)C[C@H]1OC. The number of amides is 1. The van der Waals surface area contributed by atoms with Crippen LogP contribution in [0.4, 0.5) is 0 Å². The van der Waals surface area contributed by atoms with Gasteiger partial charge in [0, 0.05) is 78.8 Å². The van der Waals surface area contributed by atoms with Crippen LogP contribution in [0.2, 0.25) is 0 Å². The van der Waals surface area contributed by atoms with Crippen LogP contribution in [0.25, 0.3) is 0 Å². The van der Waals surface area contributed by atoms with E-state index in [0.29, 0.717) is 70.3 Å². The van der Waals surface area contributed by atoms with E-state index in [1.807, 2.05) is 58.1 Å². The Hall–Kier alpha value is -3.45. The topological polar surface area (TPSA) is 203 Å². The fraction of sp³-hybridized carbons (Fsp3) is 0.772. The molecule has 4 aliphatic rings. The molecule has 0 aromatic rings. The molecule has 73 heavy (non-hydrogen) atoms. The van der Waals surface area contributed by atoms with E-state index in [4.69, 9.17) is 37.9 Å². The van der Waals surface area contributed by atoms with Gasteiger partial charge in [-0.15, -0.1) is 0 Å². The smallest absolute Gasteiger partial charge is 0.329 e. The Morgan fingerprint density at radius 1 is 0.795 bits per heavy atom. The predicted molar refractivity (Wildman–Crippen MR) is 276 cm³/mol. The van der Waals surface area contributed by atoms with Gasteiger partial charge in [-0.1, -0.05) is 71.1 Å². The monoisotopic (exact) mass is 1030 g/mol. The molecule has 0 aromatic heterocycles. The van der Waals surface area contributed by atoms with Crippen molar-refractivity contribution in [1.29, 1.82) is 0 Å². The number of nitrogens with zero attached hydrogens (tertiary/aromatic N) is 1. The first kappa shape index (κ1) is 62.1. The quantitative estimate of drug-likeness (QED) is 0.0761. The predicted octanol–water partition coefficient (Wildman–Crippen LogP) is 7.26. The van der Waals surface area contributed by atoms with Gasteiger partial charge >= 0.3 is 5.97 Å². The van der Waals surface area contributed by atoms with Crippen LogP contribution in [0, 0.1) is 35.5 Å². The van der Waals surface area contributed by atoms with Crippen molar-refractivity contribution in [3.63, 3.8) is 0 Å². The van der Waals surface area contributed by atoms with Crippen molar-refractivity contribution < 1.29 is 72.1 Å². The number of aliphatic hydroxyl groups is 2. The molecule has 1 saturated carbocycles. The zero-order valence-corrected chi connectivity index (χ0v) is 45.9. The molecule has 414 valence electrons. The van der Waals surface area contributed by atoms with E-state index in [2.05, 4.69) is 0 Å². The van der Waals surface area contributed by atoms with Crippen molar-refractivity contribution in [3.8, 4) is 0 Å². The molecule has 4 rings (SSSR count). The first-order valence-corrected chi connectivity index (χ1v) is 27.0. The van der Waals surface area contributed by atoms with Gasteiger partial charge in [-0.3, -0.25) is 19.2 Å². The summed E-state index contributed by atoms with van der Waals surface area (Å²) in [6, 6.07) is -1.15. The van der Waals surface area contributed by atoms with Gasteiger partial charge < -0.3 is 53.0 Å². The number of piperidine rings is 1. The van der Waals surface area contributed by atoms with E-state index in [1.54, 1.807) is 48.2 Å². The highest BCUT2D eigenvalue weighted by molar-refractivity contribution is 6.39. The van der Waals surface area contributed by atoms with Gasteiger partial charge in [0.1, 0.15) is 30.1 Å². The minimum absolute atomic E-state index is 0.00448. The third kappa shape index (κ3) is 18.1. The number of rotatable bonds is 14. The summed E-state index contributed by atoms with van der Waals surface area (Å²) >= 11 is 0. The number of hydrogen-bond donors (Lipinski definition) is 2. The molecule has 2 N–H and O–H groups in total. The highest BCUT2D eigenvalue weighted by Crippen LogP contribution is 2.38. The summed E-state index contributed by atoms with van der Waals surface area (Å²) in [6.07, 6.45) is 13.0. The van der Waals surface area contributed by atoms with Gasteiger partial charge in [0.25, 0.3) is 11.7 Å². The largest absolute Gasteiger partial charge is 0.460 e. The van der Waals surface area contributed by atoms with Crippen molar-refractivity contribution in [3.05, 3.63) is 47.6 Å². The summed E-state index contributed by atoms with van der Waals surface area (Å²) < 4.78 is 47.0. The summed E-state index contributed by atoms with van der Waals surface area (Å²) in [5, 5.41) is 23.7. The summed E-state index contributed by atoms with van der Waals surface area (Å²) in [5.74, 6) is -7.95. The molecule has 0 spiro atoms. The first-order chi connectivity index (χ1) is 34.8. The molecule has 3 fully saturated rings. The zero-order valence-electron chi connectivity index (χ0n) is 45.9. The number of esters is 1. The molecule has 16 nitrogen and oxygen atoms in total. The number of ether oxygens (including phenoxy) is 8. The number of Topliss-reactive ketones (excluding diaryl/α,β-unsaturated/α-hetero) is 3. The van der Waals surface area contributed by atoms with E-state index in [-0.39, 0.29) is 73.9 Å². The first-order valence-electron chi connectivity index (χ1n) is 27.0. The van der Waals surface area contributed by atoms with Crippen molar-refractivity contribution in [2.45, 2.75) is 186 Å². The van der Waals surface area contributed by atoms with Crippen molar-refractivity contribution in [1.82, 2.24) is 4.90 Å². The maximum Gasteiger partial charge on any atom is 0.329 e. The lowest BCUT2D eigenvalue weighted by Gasteiger charge is -2.43. The minimum atomic E-state index is -2.46. The summed E-state index contributed by atoms with van der Waals surface area (Å²) in [4.78, 5) is 72.8. The Balaban J connectivity index is 1.70. The lowest BCUT2D eigenvalue weighted by Crippen LogP contribution is -2.61. The Morgan fingerprint density at radius 2 is 1.53 bits per heavy atom. The van der Waals surface area contributed by atoms with Crippen LogP contribution in [-0.2, 0) is 61.9 Å². The molecule has 15 atom stereocenters. The average Bonchev–Trinajstić information content (AvgIpc) is 3.37. The highest BCUT2D eigenvalue weighted by Gasteiger charge is 2.53. The molecule has 3 aliphatic heterocycles. The van der Waals surface area contributed by atoms with Crippen LogP contribution in [0.5, 0.6) is 0 Å². The summed E-state index contributed by atoms with van der Waals surface area (Å²) in [5.41, 5.74) is 1.26. The number of methoxy groups -OCH3 is 4. The maximum atomic E-state index is 14.6. The number of cyclic esters (lactones) is 1. The van der Waals surface area contributed by atoms with Crippen LogP contribution in [-0.4, -0.2) is 160 Å². The lowest BCUT2D eigenvalue weighted by molar-refractivity contribution is -0.266. The van der Waals surface area contributed by atoms with E-state index < -0.39 is 77.8 Å². The van der Waals surface area contributed by atoms with E-state index in [1.165, 1.54) is 12.0 Å². The molecule has 2 saturated heterocycles. The fourth-order valence-corrected chi connectivity index (χ4v) is 10.9. The molecule has 0 aromatic carbocycles. The molecule has 1 aliphatic carbocycles. The van der Waals surface area contributed by atoms with Crippen molar-refractivity contribution >= 4 is 29.2 Å². The highest BCUT2D eigenvalue weighted by atomic mass is 16.6. The number of carbonyl (C=O) groups is 5. The second-order valence-corrected chi connectivity index (χ2v) is 21.4. The van der Waals surface area contributed by atoms with Crippen molar-refractivity contribution in [2.24, 2.45) is 35.5 Å². The maximum absolute atomic E-state index is 14.6. The van der Waals surface area contributed by atoms with Crippen LogP contribution in [0.3, 0.4) is 0 Å². The number of hydrogen-bond acceptors (Lipinski definition) is 15. The van der Waals surface area contributed by atoms with Crippen LogP contribution in [0.1, 0.15) is 132 Å². The molecule has 3 heterocycles. The normalized spacial score (nSPS) is 37.3. The Kier molecular flexibility index (Phi) is 26.3. The molecule has 1 amide bonds. The molecular weight excluding hydrogens is 939 g/mol. The van der Waals surface area contributed by atoms with Gasteiger partial charge in [0.15, 0.2) is 5.78 Å². The number of carbonyl (C=O) groups excluding carboxylic acids is 5. The van der Waals surface area contributed by atoms with Gasteiger partial charge in [-0.05, 0) is 113 Å². The minimum Gasteiger partial charge on any atom is -0.460 e. The molecule has 2 bridgehead atoms. The fourth-order valence-electron chi connectivity index (χ4n) is 10.9. The number of aliphatic hydroxyl groups excluding tert-OH is 1. The Labute approximate surface area is 435 Å². The number of ketones is 3. The van der Waals surface area contributed by atoms with Crippen LogP contribution in [0.15, 0.2) is 47.6 Å². The third-order valence-corrected chi connectivity index (χ3v) is 15.6. The van der Waals surface area contributed by atoms with Gasteiger partial charge in [0.2, 0.25) is 5.79 Å². The van der Waals surface area contributed by atoms with Crippen LogP contribution < -0.4 is 0 Å². The molecule has 0 radical (unpaired) electrons. The van der Waals surface area contributed by atoms with E-state index in [0.717, 1.165) is 24.8 Å². The van der Waals surface area contributed by atoms with Gasteiger partial charge in [0.05, 0.1) is 37.6 Å². The van der Waals surface area contributed by atoms with Crippen LogP contribution >= 0.6 is 0 Å². The zero-order chi connectivity index (χ0) is 53.8. The second-order valence-electron chi connectivity index (χ2n) is 21.4. The molecule has 16 heteroatoms. The second kappa shape index (κ2) is 30.9. The molecule has 1 unspecified atom stereocenters. The van der Waals surface area contributed by atoms with Gasteiger partial charge in [-0.2, -0.15) is 0 Å². The van der Waals surface area contributed by atoms with E-state index >= 15 is 0 Å². The van der Waals surface area contributed by atoms with Gasteiger partial charge in [-0.25, -0.2) is 4.79 Å². The Morgan fingerprint density at radius 3 is 2.23 bits per heavy atom. The third-order valence-electron chi connectivity index (χ3n) is 15.6. The lowest BCUT2D eigenvalue weighted by atomic mass is 9.78. The molecular formula is C57H91NO15. The number of fused-ring (bicyclic) bond motifs is 3. The summed E-state index contributed by atoms with van der Waals surface area (Å²) in [7, 11) is 6.31. The Bertz CT molecular complexity index is 1900. The average molecular weight is 1030 g/mol. The standard InChI is InChI=1S/C57H91NO15/c1-36-18-13-12-14-19-37(2)48(71-29-28-67-9)34-44-23-21-42(7)57(65,73-44)54(62)55(63)58-25-16-15-20-45(58)56(64)72-49(39(4)32-43-22-24-47(50(33-43)68-10)70-27-17-26-66-8)35-46(59)38(3)31-41(6)52(61)53(69-11)51(60)40(5)30-36/h12-14,18-19,31,36,38-40,42-45,47-50,52-53,61,65H,15-17,20-30,32-35H2,1-11H3/b14-12+,18-13+,37-19+,41-31+/t36-,38-,39-,40-,42-,43+,44+,45+,47-,48?,49+,50-,52-,53+,57-/m1/s1. The summed E-state index contributed by atoms with van der Waals surface area (Å²) in [6.45, 7) is 14.6. The number of allylic oxidation sites excluding steroid dienone is 6. The van der Waals surface area contributed by atoms with E-state index in [9.17, 15) is 34.2 Å².